The molecule has 32 heavy (non-hydrogen) atoms. The number of hydrogen-bond acceptors (Lipinski definition) is 6. The molecule has 0 radical (unpaired) electrons. The van der Waals surface area contributed by atoms with E-state index in [1.807, 2.05) is 0 Å². The first-order valence-electron chi connectivity index (χ1n) is 9.26. The molecule has 7 nitrogen and oxygen atoms in total. The molecule has 0 unspecified atom stereocenters. The number of alkyl halides is 3. The standard InChI is InChI=1S/C21H14ClF3N4O3/c22-16-10-13(21(23,24)25)11-27-19(16)31-9-8-29-12-15-17(28-29)6-7-26-18(15)20(30)32-14-4-2-1-3-5-14/h1-7,10-12H,8-9H2. The monoisotopic (exact) mass is 462 g/mol. The van der Waals surface area contributed by atoms with Gasteiger partial charge in [-0.15, -0.1) is 0 Å². The summed E-state index contributed by atoms with van der Waals surface area (Å²) in [6, 6.07) is 11.0. The number of para-hydroxylation sites is 1. The third kappa shape index (κ3) is 4.80. The third-order valence-corrected chi connectivity index (χ3v) is 4.59. The lowest BCUT2D eigenvalue weighted by molar-refractivity contribution is -0.137. The van der Waals surface area contributed by atoms with Crippen LogP contribution in [0.2, 0.25) is 5.02 Å². The third-order valence-electron chi connectivity index (χ3n) is 4.32. The van der Waals surface area contributed by atoms with Gasteiger partial charge in [-0.1, -0.05) is 29.8 Å². The Kier molecular flexibility index (Phi) is 5.95. The predicted octanol–water partition coefficient (Wildman–Crippen LogP) is 4.80. The molecule has 0 amide bonds. The van der Waals surface area contributed by atoms with Gasteiger partial charge >= 0.3 is 12.1 Å². The summed E-state index contributed by atoms with van der Waals surface area (Å²) in [5, 5.41) is 4.59. The Balaban J connectivity index is 1.45. The molecule has 0 saturated carbocycles. The van der Waals surface area contributed by atoms with Gasteiger partial charge in [0.25, 0.3) is 0 Å². The number of fused-ring (bicyclic) bond motifs is 1. The van der Waals surface area contributed by atoms with Crippen molar-refractivity contribution in [2.45, 2.75) is 12.7 Å². The van der Waals surface area contributed by atoms with Crippen molar-refractivity contribution in [1.29, 1.82) is 0 Å². The van der Waals surface area contributed by atoms with Crippen LogP contribution in [0.4, 0.5) is 13.2 Å². The van der Waals surface area contributed by atoms with Gasteiger partial charge in [-0.2, -0.15) is 18.3 Å². The van der Waals surface area contributed by atoms with E-state index >= 15 is 0 Å². The van der Waals surface area contributed by atoms with Crippen molar-refractivity contribution in [2.24, 2.45) is 0 Å². The topological polar surface area (TPSA) is 79.1 Å². The van der Waals surface area contributed by atoms with Gasteiger partial charge in [0, 0.05) is 18.6 Å². The average molecular weight is 463 g/mol. The lowest BCUT2D eigenvalue weighted by Crippen LogP contribution is -2.11. The first kappa shape index (κ1) is 21.6. The van der Waals surface area contributed by atoms with Crippen molar-refractivity contribution in [3.8, 4) is 11.6 Å². The van der Waals surface area contributed by atoms with Crippen molar-refractivity contribution < 1.29 is 27.4 Å². The summed E-state index contributed by atoms with van der Waals surface area (Å²) in [5.41, 5.74) is -0.340. The number of aromatic nitrogens is 4. The van der Waals surface area contributed by atoms with Crippen LogP contribution in [0.3, 0.4) is 0 Å². The molecule has 11 heteroatoms. The smallest absolute Gasteiger partial charge is 0.417 e. The maximum Gasteiger partial charge on any atom is 0.417 e. The van der Waals surface area contributed by atoms with Gasteiger partial charge in [0.1, 0.15) is 17.4 Å². The number of carbonyl (C=O) groups excluding carboxylic acids is 1. The van der Waals surface area contributed by atoms with Crippen LogP contribution in [-0.2, 0) is 12.7 Å². The zero-order valence-electron chi connectivity index (χ0n) is 16.2. The van der Waals surface area contributed by atoms with Gasteiger partial charge in [-0.05, 0) is 24.3 Å². The number of halogens is 4. The van der Waals surface area contributed by atoms with Crippen LogP contribution in [0.1, 0.15) is 16.1 Å². The van der Waals surface area contributed by atoms with Gasteiger partial charge in [-0.3, -0.25) is 4.68 Å². The first-order valence-corrected chi connectivity index (χ1v) is 9.64. The first-order chi connectivity index (χ1) is 15.3. The van der Waals surface area contributed by atoms with Crippen LogP contribution in [0.25, 0.3) is 10.9 Å². The molecular weight excluding hydrogens is 449 g/mol. The molecule has 0 saturated heterocycles. The van der Waals surface area contributed by atoms with Gasteiger partial charge in [-0.25, -0.2) is 14.8 Å². The van der Waals surface area contributed by atoms with E-state index in [4.69, 9.17) is 21.1 Å². The molecular formula is C21H14ClF3N4O3. The molecule has 0 fully saturated rings. The molecule has 3 heterocycles. The molecule has 0 aliphatic heterocycles. The maximum absolute atomic E-state index is 12.7. The Morgan fingerprint density at radius 2 is 1.91 bits per heavy atom. The normalized spacial score (nSPS) is 11.5. The van der Waals surface area contributed by atoms with E-state index in [-0.39, 0.29) is 29.7 Å². The van der Waals surface area contributed by atoms with E-state index in [2.05, 4.69) is 15.1 Å². The van der Waals surface area contributed by atoms with Crippen LogP contribution < -0.4 is 9.47 Å². The number of pyridine rings is 2. The lowest BCUT2D eigenvalue weighted by Gasteiger charge is -2.10. The average Bonchev–Trinajstić information content (AvgIpc) is 3.17. The number of ether oxygens (including phenoxy) is 2. The van der Waals surface area contributed by atoms with Crippen molar-refractivity contribution >= 4 is 28.5 Å². The van der Waals surface area contributed by atoms with Crippen LogP contribution in [0, 0.1) is 0 Å². The van der Waals surface area contributed by atoms with Crippen molar-refractivity contribution in [2.75, 3.05) is 6.61 Å². The minimum atomic E-state index is -4.54. The molecule has 0 aliphatic rings. The van der Waals surface area contributed by atoms with Gasteiger partial charge in [0.2, 0.25) is 5.88 Å². The Labute approximate surface area is 184 Å². The second-order valence-corrected chi connectivity index (χ2v) is 6.95. The molecule has 1 aromatic carbocycles. The van der Waals surface area contributed by atoms with Crippen LogP contribution >= 0.6 is 11.6 Å². The minimum absolute atomic E-state index is 0.0310. The van der Waals surface area contributed by atoms with Crippen molar-refractivity contribution in [3.63, 3.8) is 0 Å². The summed E-state index contributed by atoms with van der Waals surface area (Å²) in [5.74, 6) is -0.360. The van der Waals surface area contributed by atoms with E-state index in [1.165, 1.54) is 10.9 Å². The van der Waals surface area contributed by atoms with Gasteiger partial charge in [0.15, 0.2) is 5.69 Å². The summed E-state index contributed by atoms with van der Waals surface area (Å²) in [6.45, 7) is 0.254. The second kappa shape index (κ2) is 8.83. The second-order valence-electron chi connectivity index (χ2n) is 6.54. The zero-order valence-corrected chi connectivity index (χ0v) is 17.0. The highest BCUT2D eigenvalue weighted by atomic mass is 35.5. The summed E-state index contributed by atoms with van der Waals surface area (Å²) in [6.07, 6.45) is -0.837. The summed E-state index contributed by atoms with van der Waals surface area (Å²) < 4.78 is 50.3. The summed E-state index contributed by atoms with van der Waals surface area (Å²) in [4.78, 5) is 20.2. The van der Waals surface area contributed by atoms with Crippen LogP contribution in [0.15, 0.2) is 61.1 Å². The zero-order chi connectivity index (χ0) is 22.7. The van der Waals surface area contributed by atoms with Gasteiger partial charge < -0.3 is 9.47 Å². The van der Waals surface area contributed by atoms with Crippen LogP contribution in [0.5, 0.6) is 11.6 Å². The number of nitrogens with zero attached hydrogens (tertiary/aromatic N) is 4. The number of hydrogen-bond donors (Lipinski definition) is 0. The lowest BCUT2D eigenvalue weighted by atomic mass is 10.2. The fraction of sp³-hybridized carbons (Fsp3) is 0.143. The molecule has 0 aliphatic carbocycles. The Hall–Kier alpha value is -3.66. The highest BCUT2D eigenvalue weighted by molar-refractivity contribution is 6.31. The number of rotatable bonds is 6. The highest BCUT2D eigenvalue weighted by Gasteiger charge is 2.31. The molecule has 3 aromatic heterocycles. The number of benzene rings is 1. The molecule has 0 atom stereocenters. The van der Waals surface area contributed by atoms with E-state index in [0.717, 1.165) is 6.07 Å². The molecule has 0 spiro atoms. The Bertz CT molecular complexity index is 1260. The fourth-order valence-corrected chi connectivity index (χ4v) is 3.06. The largest absolute Gasteiger partial charge is 0.475 e. The molecule has 4 rings (SSSR count). The van der Waals surface area contributed by atoms with Crippen molar-refractivity contribution in [1.82, 2.24) is 19.7 Å². The predicted molar refractivity (Wildman–Crippen MR) is 109 cm³/mol. The fourth-order valence-electron chi connectivity index (χ4n) is 2.84. The minimum Gasteiger partial charge on any atom is -0.475 e. The summed E-state index contributed by atoms with van der Waals surface area (Å²) >= 11 is 5.83. The van der Waals surface area contributed by atoms with E-state index in [1.54, 1.807) is 42.6 Å². The Morgan fingerprint density at radius 3 is 2.62 bits per heavy atom. The molecule has 0 bridgehead atoms. The van der Waals surface area contributed by atoms with E-state index < -0.39 is 17.7 Å². The number of esters is 1. The van der Waals surface area contributed by atoms with Crippen LogP contribution in [-0.4, -0.2) is 32.3 Å². The molecule has 4 aromatic rings. The highest BCUT2D eigenvalue weighted by Crippen LogP contribution is 2.33. The van der Waals surface area contributed by atoms with E-state index in [0.29, 0.717) is 22.8 Å². The molecule has 0 N–H and O–H groups in total. The number of carbonyl (C=O) groups is 1. The molecule has 164 valence electrons. The Morgan fingerprint density at radius 1 is 1.12 bits per heavy atom. The van der Waals surface area contributed by atoms with Gasteiger partial charge in [0.05, 0.1) is 23.0 Å². The van der Waals surface area contributed by atoms with E-state index in [9.17, 15) is 18.0 Å². The van der Waals surface area contributed by atoms with Crippen molar-refractivity contribution in [3.05, 3.63) is 77.3 Å². The SMILES string of the molecule is O=C(Oc1ccccc1)c1nccc2nn(CCOc3ncc(C(F)(F)F)cc3Cl)cc12. The maximum atomic E-state index is 12.7. The quantitative estimate of drug-likeness (QED) is 0.302. The summed E-state index contributed by atoms with van der Waals surface area (Å²) in [7, 11) is 0.